The molecule has 1 aliphatic rings. The molecule has 0 atom stereocenters. The molecule has 2 aromatic carbocycles. The largest absolute Gasteiger partial charge is 0.317 e. The molecule has 2 N–H and O–H groups in total. The molecule has 0 bridgehead atoms. The number of benzene rings is 2. The highest BCUT2D eigenvalue weighted by Gasteiger charge is 2.27. The van der Waals surface area contributed by atoms with E-state index in [1.54, 1.807) is 12.1 Å². The molecule has 3 aromatic rings. The number of primary sulfonamides is 1. The van der Waals surface area contributed by atoms with Crippen LogP contribution in [0.4, 0.5) is 0 Å². The second-order valence-corrected chi connectivity index (χ2v) is 10.6. The summed E-state index contributed by atoms with van der Waals surface area (Å²) in [5.41, 5.74) is 5.04. The number of aromatic nitrogens is 1. The zero-order valence-corrected chi connectivity index (χ0v) is 19.8. The predicted octanol–water partition coefficient (Wildman–Crippen LogP) is 5.82. The van der Waals surface area contributed by atoms with Gasteiger partial charge in [-0.3, -0.25) is 4.79 Å². The smallest absolute Gasteiger partial charge is 0.238 e. The lowest BCUT2D eigenvalue weighted by Gasteiger charge is -2.11. The van der Waals surface area contributed by atoms with Gasteiger partial charge in [-0.05, 0) is 61.7 Å². The lowest BCUT2D eigenvalue weighted by atomic mass is 9.92. The van der Waals surface area contributed by atoms with E-state index in [2.05, 4.69) is 4.57 Å². The number of nitrogens with zero attached hydrogens (tertiary/aromatic N) is 1. The summed E-state index contributed by atoms with van der Waals surface area (Å²) in [5.74, 6) is 0.564. The minimum absolute atomic E-state index is 0.0478. The molecule has 0 amide bonds. The summed E-state index contributed by atoms with van der Waals surface area (Å²) in [5, 5.41) is 5.91. The van der Waals surface area contributed by atoms with Crippen molar-refractivity contribution in [3.8, 4) is 16.8 Å². The molecule has 0 radical (unpaired) electrons. The Bertz CT molecular complexity index is 1250. The van der Waals surface area contributed by atoms with Gasteiger partial charge in [-0.1, -0.05) is 49.4 Å². The van der Waals surface area contributed by atoms with Crippen molar-refractivity contribution in [2.45, 2.75) is 50.8 Å². The van der Waals surface area contributed by atoms with E-state index in [9.17, 15) is 13.2 Å². The molecule has 0 aliphatic heterocycles. The Morgan fingerprint density at radius 3 is 2.16 bits per heavy atom. The van der Waals surface area contributed by atoms with Crippen LogP contribution in [0.15, 0.2) is 53.4 Å². The van der Waals surface area contributed by atoms with Crippen LogP contribution < -0.4 is 5.14 Å². The van der Waals surface area contributed by atoms with Crippen molar-refractivity contribution >= 4 is 27.4 Å². The van der Waals surface area contributed by atoms with Gasteiger partial charge < -0.3 is 4.57 Å². The molecule has 7 heteroatoms. The van der Waals surface area contributed by atoms with Crippen LogP contribution in [0.2, 0.25) is 5.02 Å². The molecular weight excluding hydrogens is 444 g/mol. The Hall–Kier alpha value is -2.41. The molecule has 1 aliphatic carbocycles. The van der Waals surface area contributed by atoms with E-state index < -0.39 is 10.0 Å². The number of carbonyl (C=O) groups excluding carboxylic acids is 1. The van der Waals surface area contributed by atoms with Crippen LogP contribution in [0.5, 0.6) is 0 Å². The van der Waals surface area contributed by atoms with Gasteiger partial charge in [0.05, 0.1) is 4.90 Å². The van der Waals surface area contributed by atoms with Crippen molar-refractivity contribution in [1.82, 2.24) is 4.57 Å². The van der Waals surface area contributed by atoms with Gasteiger partial charge in [-0.2, -0.15) is 0 Å². The average molecular weight is 471 g/mol. The van der Waals surface area contributed by atoms with Gasteiger partial charge in [-0.25, -0.2) is 13.6 Å². The fourth-order valence-electron chi connectivity index (χ4n) is 4.90. The minimum Gasteiger partial charge on any atom is -0.317 e. The molecular formula is C25H27ClN2O3S. The van der Waals surface area contributed by atoms with E-state index in [0.717, 1.165) is 41.0 Å². The predicted molar refractivity (Wildman–Crippen MR) is 128 cm³/mol. The SMILES string of the molecule is Cc1c(C(=O)CC2CCCC2)c(-c2ccc(S(N)(=O)=O)cc2)c(C)n1-c1ccc(Cl)cc1. The molecule has 168 valence electrons. The minimum atomic E-state index is -3.79. The zero-order chi connectivity index (χ0) is 23.0. The van der Waals surface area contributed by atoms with Gasteiger partial charge >= 0.3 is 0 Å². The summed E-state index contributed by atoms with van der Waals surface area (Å²) >= 11 is 6.09. The molecule has 1 saturated carbocycles. The Balaban J connectivity index is 1.87. The third-order valence-corrected chi connectivity index (χ3v) is 7.61. The van der Waals surface area contributed by atoms with Gasteiger partial charge in [0.25, 0.3) is 0 Å². The number of hydrogen-bond acceptors (Lipinski definition) is 3. The standard InChI is InChI=1S/C25H27ClN2O3S/c1-16-24(19-7-13-22(14-8-19)32(27,30)31)25(23(29)15-18-5-3-4-6-18)17(2)28(16)21-11-9-20(26)10-12-21/h7-14,18H,3-6,15H2,1-2H3,(H2,27,30,31). The zero-order valence-electron chi connectivity index (χ0n) is 18.3. The number of nitrogens with two attached hydrogens (primary N) is 1. The van der Waals surface area contributed by atoms with Crippen molar-refractivity contribution in [3.63, 3.8) is 0 Å². The second-order valence-electron chi connectivity index (χ2n) is 8.58. The first-order valence-corrected chi connectivity index (χ1v) is 12.7. The molecule has 1 fully saturated rings. The highest BCUT2D eigenvalue weighted by Crippen LogP contribution is 2.38. The highest BCUT2D eigenvalue weighted by molar-refractivity contribution is 7.89. The monoisotopic (exact) mass is 470 g/mol. The Morgan fingerprint density at radius 1 is 1.00 bits per heavy atom. The van der Waals surface area contributed by atoms with E-state index in [1.807, 2.05) is 38.1 Å². The van der Waals surface area contributed by atoms with E-state index in [0.29, 0.717) is 22.9 Å². The Kier molecular flexibility index (Phi) is 6.30. The van der Waals surface area contributed by atoms with Crippen LogP contribution in [0.1, 0.15) is 53.8 Å². The maximum Gasteiger partial charge on any atom is 0.238 e. The quantitative estimate of drug-likeness (QED) is 0.460. The lowest BCUT2D eigenvalue weighted by molar-refractivity contribution is 0.0962. The first-order chi connectivity index (χ1) is 15.2. The van der Waals surface area contributed by atoms with Crippen LogP contribution in [0, 0.1) is 19.8 Å². The summed E-state index contributed by atoms with van der Waals surface area (Å²) in [4.78, 5) is 13.6. The van der Waals surface area contributed by atoms with Crippen LogP contribution in [0.25, 0.3) is 16.8 Å². The van der Waals surface area contributed by atoms with Crippen LogP contribution in [-0.2, 0) is 10.0 Å². The average Bonchev–Trinajstić information content (AvgIpc) is 3.34. The maximum absolute atomic E-state index is 13.5. The van der Waals surface area contributed by atoms with Crippen LogP contribution in [0.3, 0.4) is 0 Å². The summed E-state index contributed by atoms with van der Waals surface area (Å²) in [6.45, 7) is 3.95. The summed E-state index contributed by atoms with van der Waals surface area (Å²) in [6, 6.07) is 13.9. The molecule has 1 heterocycles. The van der Waals surface area contributed by atoms with Crippen LogP contribution in [-0.4, -0.2) is 18.8 Å². The summed E-state index contributed by atoms with van der Waals surface area (Å²) in [7, 11) is -3.79. The number of halogens is 1. The molecule has 0 unspecified atom stereocenters. The highest BCUT2D eigenvalue weighted by atomic mass is 35.5. The Morgan fingerprint density at radius 2 is 1.59 bits per heavy atom. The number of rotatable bonds is 6. The van der Waals surface area contributed by atoms with Gasteiger partial charge in [0.2, 0.25) is 10.0 Å². The maximum atomic E-state index is 13.5. The second kappa shape index (κ2) is 8.85. The van der Waals surface area contributed by atoms with Gasteiger partial charge in [-0.15, -0.1) is 0 Å². The van der Waals surface area contributed by atoms with E-state index >= 15 is 0 Å². The number of sulfonamides is 1. The molecule has 4 rings (SSSR count). The lowest BCUT2D eigenvalue weighted by Crippen LogP contribution is -2.11. The first kappa shape index (κ1) is 22.8. The molecule has 1 aromatic heterocycles. The van der Waals surface area contributed by atoms with E-state index in [1.165, 1.54) is 25.0 Å². The molecule has 0 saturated heterocycles. The molecule has 32 heavy (non-hydrogen) atoms. The van der Waals surface area contributed by atoms with E-state index in [-0.39, 0.29) is 10.7 Å². The van der Waals surface area contributed by atoms with Crippen molar-refractivity contribution in [1.29, 1.82) is 0 Å². The topological polar surface area (TPSA) is 82.2 Å². The number of carbonyl (C=O) groups is 1. The van der Waals surface area contributed by atoms with Crippen molar-refractivity contribution in [2.24, 2.45) is 11.1 Å². The van der Waals surface area contributed by atoms with Gasteiger partial charge in [0.1, 0.15) is 0 Å². The third-order valence-electron chi connectivity index (χ3n) is 6.43. The first-order valence-electron chi connectivity index (χ1n) is 10.8. The van der Waals surface area contributed by atoms with Crippen molar-refractivity contribution < 1.29 is 13.2 Å². The van der Waals surface area contributed by atoms with Crippen LogP contribution >= 0.6 is 11.6 Å². The normalized spacial score (nSPS) is 14.8. The summed E-state index contributed by atoms with van der Waals surface area (Å²) in [6.07, 6.45) is 5.10. The fourth-order valence-corrected chi connectivity index (χ4v) is 5.54. The molecule has 5 nitrogen and oxygen atoms in total. The Labute approximate surface area is 194 Å². The number of Topliss-reactive ketones (excluding diaryl/α,β-unsaturated/α-hetero) is 1. The molecule has 0 spiro atoms. The number of ketones is 1. The van der Waals surface area contributed by atoms with E-state index in [4.69, 9.17) is 16.7 Å². The van der Waals surface area contributed by atoms with Gasteiger partial charge in [0, 0.05) is 39.6 Å². The number of hydrogen-bond donors (Lipinski definition) is 1. The summed E-state index contributed by atoms with van der Waals surface area (Å²) < 4.78 is 25.5. The third kappa shape index (κ3) is 4.40. The van der Waals surface area contributed by atoms with Crippen molar-refractivity contribution in [2.75, 3.05) is 0 Å². The fraction of sp³-hybridized carbons (Fsp3) is 0.320. The van der Waals surface area contributed by atoms with Crippen molar-refractivity contribution in [3.05, 3.63) is 70.5 Å². The van der Waals surface area contributed by atoms with Gasteiger partial charge in [0.15, 0.2) is 5.78 Å².